The number of rotatable bonds is 8. The lowest BCUT2D eigenvalue weighted by Gasteiger charge is -2.20. The van der Waals surface area contributed by atoms with Crippen LogP contribution in [0.25, 0.3) is 0 Å². The summed E-state index contributed by atoms with van der Waals surface area (Å²) in [6, 6.07) is 3.24. The highest BCUT2D eigenvalue weighted by Crippen LogP contribution is 2.40. The van der Waals surface area contributed by atoms with Crippen LogP contribution in [0.4, 0.5) is 26.3 Å². The van der Waals surface area contributed by atoms with Gasteiger partial charge in [0.05, 0.1) is 37.2 Å². The normalized spacial score (nSPS) is 11.6. The Bertz CT molecular complexity index is 1440. The Morgan fingerprint density at radius 1 is 1.14 bits per heavy atom. The topological polar surface area (TPSA) is 103 Å². The molecule has 2 heterocycles. The van der Waals surface area contributed by atoms with Gasteiger partial charge in [-0.2, -0.15) is 19.0 Å². The molecule has 1 aromatic carbocycles. The van der Waals surface area contributed by atoms with E-state index in [1.807, 2.05) is 0 Å². The SMILES string of the molecule is COc1nc(C)nc(C)c1Cn1cnc(C(F)(F)C(F)F)c(Oc2cc(C(F)F)cc(C#N)c2C)c1=O. The number of aromatic nitrogens is 4. The predicted molar refractivity (Wildman–Crippen MR) is 116 cm³/mol. The number of methoxy groups -OCH3 is 1. The average molecular weight is 527 g/mol. The molecule has 0 bridgehead atoms. The van der Waals surface area contributed by atoms with Crippen molar-refractivity contribution in [3.63, 3.8) is 0 Å². The van der Waals surface area contributed by atoms with Crippen molar-refractivity contribution in [1.82, 2.24) is 19.5 Å². The smallest absolute Gasteiger partial charge is 0.352 e. The van der Waals surface area contributed by atoms with Crippen molar-refractivity contribution < 1.29 is 35.8 Å². The van der Waals surface area contributed by atoms with Gasteiger partial charge in [-0.25, -0.2) is 27.5 Å². The first-order valence-corrected chi connectivity index (χ1v) is 10.5. The van der Waals surface area contributed by atoms with Gasteiger partial charge >= 0.3 is 12.3 Å². The van der Waals surface area contributed by atoms with Gasteiger partial charge in [-0.3, -0.25) is 9.36 Å². The van der Waals surface area contributed by atoms with Crippen molar-refractivity contribution in [3.05, 3.63) is 68.3 Å². The molecule has 0 N–H and O–H groups in total. The number of hydrogen-bond donors (Lipinski definition) is 0. The van der Waals surface area contributed by atoms with Crippen LogP contribution in [0.5, 0.6) is 17.4 Å². The molecule has 0 aliphatic rings. The Morgan fingerprint density at radius 3 is 2.38 bits per heavy atom. The fourth-order valence-electron chi connectivity index (χ4n) is 3.41. The summed E-state index contributed by atoms with van der Waals surface area (Å²) in [5.74, 6) is -6.41. The fourth-order valence-corrected chi connectivity index (χ4v) is 3.41. The van der Waals surface area contributed by atoms with E-state index in [1.54, 1.807) is 19.9 Å². The van der Waals surface area contributed by atoms with Gasteiger partial charge in [0.1, 0.15) is 11.6 Å². The van der Waals surface area contributed by atoms with E-state index in [-0.39, 0.29) is 29.1 Å². The predicted octanol–water partition coefficient (Wildman–Crippen LogP) is 4.97. The van der Waals surface area contributed by atoms with Gasteiger partial charge in [-0.05, 0) is 32.9 Å². The van der Waals surface area contributed by atoms with Gasteiger partial charge in [-0.15, -0.1) is 0 Å². The second-order valence-corrected chi connectivity index (χ2v) is 7.83. The molecule has 0 fully saturated rings. The summed E-state index contributed by atoms with van der Waals surface area (Å²) in [5.41, 5.74) is -3.48. The molecule has 0 radical (unpaired) electrons. The van der Waals surface area contributed by atoms with Crippen LogP contribution >= 0.6 is 0 Å². The van der Waals surface area contributed by atoms with E-state index in [9.17, 15) is 36.4 Å². The Morgan fingerprint density at radius 2 is 1.81 bits per heavy atom. The van der Waals surface area contributed by atoms with Crippen LogP contribution in [0.3, 0.4) is 0 Å². The van der Waals surface area contributed by atoms with E-state index in [2.05, 4.69) is 15.0 Å². The molecule has 2 aromatic heterocycles. The summed E-state index contributed by atoms with van der Waals surface area (Å²) in [7, 11) is 1.30. The number of benzene rings is 1. The fraction of sp³-hybridized carbons (Fsp3) is 0.348. The Hall–Kier alpha value is -4.15. The molecule has 37 heavy (non-hydrogen) atoms. The highest BCUT2D eigenvalue weighted by molar-refractivity contribution is 5.51. The van der Waals surface area contributed by atoms with E-state index >= 15 is 0 Å². The molecule has 0 aliphatic heterocycles. The van der Waals surface area contributed by atoms with Crippen molar-refractivity contribution >= 4 is 0 Å². The number of halogens is 6. The first-order chi connectivity index (χ1) is 17.3. The van der Waals surface area contributed by atoms with Gasteiger partial charge in [0.2, 0.25) is 11.6 Å². The standard InChI is InChI=1S/C23H19F6N5O3/c1-10-14(7-30)5-13(19(24)25)6-16(10)37-17-18(23(28,29)22(26)27)31-9-34(21(17)35)8-15-11(2)32-12(3)33-20(15)36-4/h5-6,9,19,22H,8H2,1-4H3. The van der Waals surface area contributed by atoms with Gasteiger partial charge in [0.15, 0.2) is 5.69 Å². The van der Waals surface area contributed by atoms with Crippen LogP contribution in [0.15, 0.2) is 23.3 Å². The molecule has 0 atom stereocenters. The molecule has 14 heteroatoms. The number of alkyl halides is 6. The molecule has 8 nitrogen and oxygen atoms in total. The maximum absolute atomic E-state index is 14.4. The van der Waals surface area contributed by atoms with Crippen molar-refractivity contribution in [2.45, 2.75) is 46.1 Å². The number of aryl methyl sites for hydroxylation is 2. The van der Waals surface area contributed by atoms with E-state index < -0.39 is 47.1 Å². The third kappa shape index (κ3) is 5.35. The zero-order chi connectivity index (χ0) is 27.7. The van der Waals surface area contributed by atoms with Gasteiger partial charge in [0, 0.05) is 16.8 Å². The van der Waals surface area contributed by atoms with Crippen LogP contribution in [0.1, 0.15) is 45.9 Å². The minimum Gasteiger partial charge on any atom is -0.481 e. The number of nitriles is 1. The maximum Gasteiger partial charge on any atom is 0.352 e. The lowest BCUT2D eigenvalue weighted by Crippen LogP contribution is -2.32. The molecule has 0 unspecified atom stereocenters. The molecular formula is C23H19F6N5O3. The van der Waals surface area contributed by atoms with Crippen molar-refractivity contribution in [3.8, 4) is 23.4 Å². The third-order valence-electron chi connectivity index (χ3n) is 5.36. The summed E-state index contributed by atoms with van der Waals surface area (Å²) in [4.78, 5) is 24.9. The summed E-state index contributed by atoms with van der Waals surface area (Å²) in [5, 5.41) is 9.26. The minimum atomic E-state index is -4.93. The Labute approximate surface area is 206 Å². The van der Waals surface area contributed by atoms with Crippen LogP contribution in [0, 0.1) is 32.1 Å². The van der Waals surface area contributed by atoms with Crippen molar-refractivity contribution in [2.75, 3.05) is 7.11 Å². The average Bonchev–Trinajstić information content (AvgIpc) is 2.83. The molecule has 0 aliphatic carbocycles. The number of ether oxygens (including phenoxy) is 2. The van der Waals surface area contributed by atoms with E-state index in [0.717, 1.165) is 16.7 Å². The summed E-state index contributed by atoms with van der Waals surface area (Å²) >= 11 is 0. The molecular weight excluding hydrogens is 508 g/mol. The highest BCUT2D eigenvalue weighted by Gasteiger charge is 2.48. The third-order valence-corrected chi connectivity index (χ3v) is 5.36. The lowest BCUT2D eigenvalue weighted by molar-refractivity contribution is -0.139. The molecule has 0 saturated carbocycles. The Kier molecular flexibility index (Phi) is 7.75. The van der Waals surface area contributed by atoms with Crippen LogP contribution in [0.2, 0.25) is 0 Å². The summed E-state index contributed by atoms with van der Waals surface area (Å²) < 4.78 is 93.2. The van der Waals surface area contributed by atoms with Gasteiger partial charge < -0.3 is 9.47 Å². The van der Waals surface area contributed by atoms with E-state index in [1.165, 1.54) is 14.0 Å². The Balaban J connectivity index is 2.25. The van der Waals surface area contributed by atoms with Crippen LogP contribution < -0.4 is 15.0 Å². The van der Waals surface area contributed by atoms with Crippen LogP contribution in [-0.4, -0.2) is 33.1 Å². The molecule has 3 aromatic rings. The van der Waals surface area contributed by atoms with Gasteiger partial charge in [0.25, 0.3) is 12.0 Å². The summed E-state index contributed by atoms with van der Waals surface area (Å²) in [6.07, 6.45) is -6.74. The number of hydrogen-bond acceptors (Lipinski definition) is 7. The first kappa shape index (κ1) is 27.4. The quantitative estimate of drug-likeness (QED) is 0.381. The first-order valence-electron chi connectivity index (χ1n) is 10.5. The maximum atomic E-state index is 14.4. The summed E-state index contributed by atoms with van der Waals surface area (Å²) in [6.45, 7) is 4.04. The molecule has 3 rings (SSSR count). The highest BCUT2D eigenvalue weighted by atomic mass is 19.3. The zero-order valence-electron chi connectivity index (χ0n) is 19.8. The molecule has 196 valence electrons. The second kappa shape index (κ2) is 10.5. The zero-order valence-corrected chi connectivity index (χ0v) is 19.8. The molecule has 0 spiro atoms. The molecule has 0 amide bonds. The number of nitrogens with zero attached hydrogens (tertiary/aromatic N) is 5. The second-order valence-electron chi connectivity index (χ2n) is 7.83. The lowest BCUT2D eigenvalue weighted by atomic mass is 10.0. The van der Waals surface area contributed by atoms with Crippen molar-refractivity contribution in [1.29, 1.82) is 5.26 Å². The minimum absolute atomic E-state index is 0.0699. The van der Waals surface area contributed by atoms with Gasteiger partial charge in [-0.1, -0.05) is 0 Å². The molecule has 0 saturated heterocycles. The van der Waals surface area contributed by atoms with Crippen molar-refractivity contribution in [2.24, 2.45) is 0 Å². The monoisotopic (exact) mass is 527 g/mol. The van der Waals surface area contributed by atoms with Crippen LogP contribution in [-0.2, 0) is 12.5 Å². The largest absolute Gasteiger partial charge is 0.481 e. The van der Waals surface area contributed by atoms with E-state index in [0.29, 0.717) is 17.8 Å². The van der Waals surface area contributed by atoms with E-state index in [4.69, 9.17) is 9.47 Å².